The number of aliphatic hydroxyl groups is 1. The summed E-state index contributed by atoms with van der Waals surface area (Å²) in [6.07, 6.45) is 1.65. The molecule has 0 atom stereocenters. The summed E-state index contributed by atoms with van der Waals surface area (Å²) in [6.45, 7) is 5.18. The van der Waals surface area contributed by atoms with Crippen LogP contribution in [0, 0.1) is 6.92 Å². The van der Waals surface area contributed by atoms with Crippen LogP contribution in [-0.4, -0.2) is 18.5 Å². The number of thiophene rings is 1. The minimum atomic E-state index is -3.63. The van der Waals surface area contributed by atoms with Gasteiger partial charge in [0.2, 0.25) is 0 Å². The van der Waals surface area contributed by atoms with Crippen LogP contribution in [0.15, 0.2) is 21.9 Å². The summed E-state index contributed by atoms with van der Waals surface area (Å²) in [5, 5.41) is 11.7. The van der Waals surface area contributed by atoms with Crippen molar-refractivity contribution in [2.45, 2.75) is 37.1 Å². The zero-order valence-electron chi connectivity index (χ0n) is 11.4. The standard InChI is InChI=1S/C12H16N2O3S3/c1-8-6-10(19-9(8)7-15)20(16,17)14-12(2,3)11-13-4-5-18-11/h4-6,14-15H,7H2,1-3H3. The smallest absolute Gasteiger partial charge is 0.250 e. The first-order valence-electron chi connectivity index (χ1n) is 5.90. The van der Waals surface area contributed by atoms with Crippen LogP contribution >= 0.6 is 22.7 Å². The summed E-state index contributed by atoms with van der Waals surface area (Å²) in [7, 11) is -3.63. The monoisotopic (exact) mass is 332 g/mol. The third-order valence-corrected chi connectivity index (χ3v) is 7.21. The first-order valence-corrected chi connectivity index (χ1v) is 9.08. The molecule has 5 nitrogen and oxygen atoms in total. The first kappa shape index (κ1) is 15.6. The van der Waals surface area contributed by atoms with Gasteiger partial charge in [-0.3, -0.25) is 0 Å². The highest BCUT2D eigenvalue weighted by Gasteiger charge is 2.31. The number of sulfonamides is 1. The Labute approximate surface area is 126 Å². The Morgan fingerprint density at radius 1 is 1.45 bits per heavy atom. The van der Waals surface area contributed by atoms with E-state index in [0.29, 0.717) is 9.88 Å². The van der Waals surface area contributed by atoms with E-state index >= 15 is 0 Å². The highest BCUT2D eigenvalue weighted by atomic mass is 32.2. The third-order valence-electron chi connectivity index (χ3n) is 2.76. The molecule has 0 aliphatic carbocycles. The van der Waals surface area contributed by atoms with Gasteiger partial charge < -0.3 is 5.11 Å². The van der Waals surface area contributed by atoms with Gasteiger partial charge in [0, 0.05) is 16.5 Å². The first-order chi connectivity index (χ1) is 9.26. The molecular weight excluding hydrogens is 316 g/mol. The van der Waals surface area contributed by atoms with E-state index in [9.17, 15) is 8.42 Å². The molecule has 20 heavy (non-hydrogen) atoms. The Morgan fingerprint density at radius 2 is 2.15 bits per heavy atom. The zero-order valence-corrected chi connectivity index (χ0v) is 13.8. The molecule has 110 valence electrons. The molecule has 8 heteroatoms. The number of aromatic nitrogens is 1. The van der Waals surface area contributed by atoms with Crippen LogP contribution in [0.3, 0.4) is 0 Å². The fraction of sp³-hybridized carbons (Fsp3) is 0.417. The van der Waals surface area contributed by atoms with Gasteiger partial charge in [-0.2, -0.15) is 4.72 Å². The van der Waals surface area contributed by atoms with E-state index in [-0.39, 0.29) is 10.8 Å². The van der Waals surface area contributed by atoms with Gasteiger partial charge in [0.05, 0.1) is 12.1 Å². The molecule has 0 amide bonds. The van der Waals surface area contributed by atoms with Gasteiger partial charge >= 0.3 is 0 Å². The third kappa shape index (κ3) is 3.09. The van der Waals surface area contributed by atoms with Crippen LogP contribution < -0.4 is 4.72 Å². The lowest BCUT2D eigenvalue weighted by Gasteiger charge is -2.22. The lowest BCUT2D eigenvalue weighted by Crippen LogP contribution is -2.40. The maximum absolute atomic E-state index is 12.4. The van der Waals surface area contributed by atoms with Crippen LogP contribution in [0.2, 0.25) is 0 Å². The molecule has 0 saturated carbocycles. The van der Waals surface area contributed by atoms with Crippen molar-refractivity contribution in [3.05, 3.63) is 33.1 Å². The number of aryl methyl sites for hydroxylation is 1. The van der Waals surface area contributed by atoms with E-state index in [0.717, 1.165) is 16.9 Å². The normalized spacial score (nSPS) is 12.8. The maximum atomic E-state index is 12.4. The number of nitrogens with one attached hydrogen (secondary N) is 1. The van der Waals surface area contributed by atoms with Crippen molar-refractivity contribution in [1.82, 2.24) is 9.71 Å². The van der Waals surface area contributed by atoms with Gasteiger partial charge in [0.1, 0.15) is 9.22 Å². The van der Waals surface area contributed by atoms with Gasteiger partial charge in [-0.1, -0.05) is 0 Å². The van der Waals surface area contributed by atoms with Gasteiger partial charge in [0.25, 0.3) is 10.0 Å². The van der Waals surface area contributed by atoms with E-state index in [1.807, 2.05) is 5.38 Å². The van der Waals surface area contributed by atoms with E-state index in [1.165, 1.54) is 11.3 Å². The minimum absolute atomic E-state index is 0.151. The summed E-state index contributed by atoms with van der Waals surface area (Å²) in [4.78, 5) is 4.82. The number of hydrogen-bond donors (Lipinski definition) is 2. The van der Waals surface area contributed by atoms with Crippen molar-refractivity contribution in [3.8, 4) is 0 Å². The van der Waals surface area contributed by atoms with Crippen molar-refractivity contribution in [2.24, 2.45) is 0 Å². The second-order valence-electron chi connectivity index (χ2n) is 4.90. The Bertz CT molecular complexity index is 688. The maximum Gasteiger partial charge on any atom is 0.250 e. The Morgan fingerprint density at radius 3 is 2.65 bits per heavy atom. The second kappa shape index (κ2) is 5.53. The highest BCUT2D eigenvalue weighted by Crippen LogP contribution is 2.29. The Kier molecular flexibility index (Phi) is 4.31. The summed E-state index contributed by atoms with van der Waals surface area (Å²) in [5.41, 5.74) is 0.00880. The van der Waals surface area contributed by atoms with Crippen molar-refractivity contribution in [3.63, 3.8) is 0 Å². The molecule has 0 fully saturated rings. The predicted molar refractivity (Wildman–Crippen MR) is 80.4 cm³/mol. The van der Waals surface area contributed by atoms with Crippen molar-refractivity contribution < 1.29 is 13.5 Å². The lowest BCUT2D eigenvalue weighted by molar-refractivity contribution is 0.285. The van der Waals surface area contributed by atoms with E-state index in [4.69, 9.17) is 5.11 Å². The summed E-state index contributed by atoms with van der Waals surface area (Å²) < 4.78 is 27.7. The molecular formula is C12H16N2O3S3. The SMILES string of the molecule is Cc1cc(S(=O)(=O)NC(C)(C)c2nccs2)sc1CO. The molecule has 0 aliphatic heterocycles. The largest absolute Gasteiger partial charge is 0.391 e. The van der Waals surface area contributed by atoms with Crippen LogP contribution in [-0.2, 0) is 22.2 Å². The summed E-state index contributed by atoms with van der Waals surface area (Å²) >= 11 is 2.49. The minimum Gasteiger partial charge on any atom is -0.391 e. The van der Waals surface area contributed by atoms with Crippen LogP contribution in [0.1, 0.15) is 29.3 Å². The molecule has 2 N–H and O–H groups in total. The number of aliphatic hydroxyl groups excluding tert-OH is 1. The van der Waals surface area contributed by atoms with Gasteiger partial charge in [-0.05, 0) is 32.4 Å². The van der Waals surface area contributed by atoms with Gasteiger partial charge in [0.15, 0.2) is 0 Å². The fourth-order valence-electron chi connectivity index (χ4n) is 1.74. The average Bonchev–Trinajstić information content (AvgIpc) is 2.96. The van der Waals surface area contributed by atoms with Gasteiger partial charge in [-0.15, -0.1) is 22.7 Å². The van der Waals surface area contributed by atoms with Crippen LogP contribution in [0.25, 0.3) is 0 Å². The van der Waals surface area contributed by atoms with Crippen molar-refractivity contribution in [2.75, 3.05) is 0 Å². The van der Waals surface area contributed by atoms with Gasteiger partial charge in [-0.25, -0.2) is 13.4 Å². The summed E-state index contributed by atoms with van der Waals surface area (Å²) in [6, 6.07) is 1.58. The van der Waals surface area contributed by atoms with Crippen molar-refractivity contribution >= 4 is 32.7 Å². The Hall–Kier alpha value is -0.800. The molecule has 0 spiro atoms. The quantitative estimate of drug-likeness (QED) is 0.880. The number of thiazole rings is 1. The lowest BCUT2D eigenvalue weighted by atomic mass is 10.1. The van der Waals surface area contributed by atoms with Crippen molar-refractivity contribution in [1.29, 1.82) is 0 Å². The second-order valence-corrected chi connectivity index (χ2v) is 8.84. The topological polar surface area (TPSA) is 79.3 Å². The molecule has 0 aromatic carbocycles. The van der Waals surface area contributed by atoms with E-state index in [2.05, 4.69) is 9.71 Å². The molecule has 0 radical (unpaired) electrons. The number of rotatable bonds is 5. The zero-order chi connectivity index (χ0) is 15.0. The molecule has 2 heterocycles. The van der Waals surface area contributed by atoms with Crippen LogP contribution in [0.4, 0.5) is 0 Å². The number of nitrogens with zero attached hydrogens (tertiary/aromatic N) is 1. The van der Waals surface area contributed by atoms with E-state index in [1.54, 1.807) is 33.0 Å². The molecule has 0 saturated heterocycles. The molecule has 2 rings (SSSR count). The molecule has 2 aromatic heterocycles. The average molecular weight is 332 g/mol. The molecule has 0 aliphatic rings. The molecule has 0 unspecified atom stereocenters. The van der Waals surface area contributed by atoms with Crippen LogP contribution in [0.5, 0.6) is 0 Å². The van der Waals surface area contributed by atoms with E-state index < -0.39 is 15.6 Å². The molecule has 2 aromatic rings. The number of hydrogen-bond acceptors (Lipinski definition) is 6. The predicted octanol–water partition coefficient (Wildman–Crippen LogP) is 2.22. The summed E-state index contributed by atoms with van der Waals surface area (Å²) in [5.74, 6) is 0. The Balaban J connectivity index is 2.31. The fourth-order valence-corrected chi connectivity index (χ4v) is 5.35. The highest BCUT2D eigenvalue weighted by molar-refractivity contribution is 7.91. The molecule has 0 bridgehead atoms.